The minimum atomic E-state index is -0.773. The second kappa shape index (κ2) is 6.17. The van der Waals surface area contributed by atoms with Crippen LogP contribution in [0.4, 0.5) is 0 Å². The summed E-state index contributed by atoms with van der Waals surface area (Å²) in [5.74, 6) is 0.380. The van der Waals surface area contributed by atoms with Gasteiger partial charge in [-0.25, -0.2) is 0 Å². The number of carbonyl (C=O) groups excluding carboxylic acids is 1. The zero-order valence-corrected chi connectivity index (χ0v) is 16.3. The Morgan fingerprint density at radius 1 is 1.33 bits per heavy atom. The second-order valence-corrected chi connectivity index (χ2v) is 7.83. The Morgan fingerprint density at radius 2 is 2.07 bits per heavy atom. The van der Waals surface area contributed by atoms with Crippen molar-refractivity contribution in [1.82, 2.24) is 19.8 Å². The zero-order chi connectivity index (χ0) is 19.4. The van der Waals surface area contributed by atoms with E-state index in [1.54, 1.807) is 11.0 Å². The lowest BCUT2D eigenvalue weighted by Gasteiger charge is -2.46. The predicted octanol–water partition coefficient (Wildman–Crippen LogP) is 1.93. The number of hydrogen-bond acceptors (Lipinski definition) is 6. The van der Waals surface area contributed by atoms with E-state index in [4.69, 9.17) is 9.26 Å². The fraction of sp³-hybridized carbons (Fsp3) is 0.632. The van der Waals surface area contributed by atoms with Crippen LogP contribution in [0.1, 0.15) is 48.6 Å². The van der Waals surface area contributed by atoms with Gasteiger partial charge >= 0.3 is 0 Å². The van der Waals surface area contributed by atoms with Gasteiger partial charge in [0.1, 0.15) is 5.60 Å². The van der Waals surface area contributed by atoms with Crippen molar-refractivity contribution < 1.29 is 19.2 Å². The van der Waals surface area contributed by atoms with E-state index >= 15 is 0 Å². The normalized spacial score (nSPS) is 23.8. The Kier molecular flexibility index (Phi) is 4.16. The molecule has 0 aromatic carbocycles. The van der Waals surface area contributed by atoms with Gasteiger partial charge in [0.05, 0.1) is 36.6 Å². The van der Waals surface area contributed by atoms with Crippen LogP contribution in [0.15, 0.2) is 10.6 Å². The first-order valence-electron chi connectivity index (χ1n) is 9.46. The van der Waals surface area contributed by atoms with Crippen LogP contribution in [0, 0.1) is 13.8 Å². The first-order chi connectivity index (χ1) is 12.8. The van der Waals surface area contributed by atoms with E-state index in [9.17, 15) is 9.90 Å². The van der Waals surface area contributed by atoms with Gasteiger partial charge in [0.2, 0.25) is 0 Å². The molecule has 1 spiro atoms. The number of ether oxygens (including phenoxy) is 1. The van der Waals surface area contributed by atoms with Crippen LogP contribution < -0.4 is 0 Å². The molecule has 1 amide bonds. The van der Waals surface area contributed by atoms with Gasteiger partial charge in [-0.3, -0.25) is 9.48 Å². The largest absolute Gasteiger partial charge is 0.387 e. The maximum absolute atomic E-state index is 12.7. The summed E-state index contributed by atoms with van der Waals surface area (Å²) in [7, 11) is 0. The lowest BCUT2D eigenvalue weighted by atomic mass is 9.83. The number of rotatable bonds is 4. The molecule has 1 atom stereocenters. The molecule has 2 aliphatic rings. The number of aryl methyl sites for hydroxylation is 2. The van der Waals surface area contributed by atoms with E-state index in [1.165, 1.54) is 0 Å². The SMILES string of the molecule is CCn1nc(C)c(-c2cc(C(=O)N3CC4(C3)C[C@@](O)(CC)CO4)no2)c1C. The van der Waals surface area contributed by atoms with Gasteiger partial charge in [-0.1, -0.05) is 12.1 Å². The summed E-state index contributed by atoms with van der Waals surface area (Å²) in [6, 6.07) is 1.68. The molecule has 2 saturated heterocycles. The molecule has 4 rings (SSSR count). The van der Waals surface area contributed by atoms with Gasteiger partial charge in [-0.2, -0.15) is 5.10 Å². The molecular formula is C19H26N4O4. The van der Waals surface area contributed by atoms with Crippen molar-refractivity contribution in [1.29, 1.82) is 0 Å². The maximum atomic E-state index is 12.7. The van der Waals surface area contributed by atoms with Crippen molar-refractivity contribution in [3.8, 4) is 11.3 Å². The quantitative estimate of drug-likeness (QED) is 0.879. The second-order valence-electron chi connectivity index (χ2n) is 7.83. The summed E-state index contributed by atoms with van der Waals surface area (Å²) in [6.45, 7) is 9.93. The van der Waals surface area contributed by atoms with Crippen LogP contribution in [0.5, 0.6) is 0 Å². The lowest BCUT2D eigenvalue weighted by Crippen LogP contribution is -2.63. The number of amides is 1. The van der Waals surface area contributed by atoms with Crippen LogP contribution in [0.2, 0.25) is 0 Å². The van der Waals surface area contributed by atoms with Crippen LogP contribution >= 0.6 is 0 Å². The first kappa shape index (κ1) is 18.2. The van der Waals surface area contributed by atoms with Crippen molar-refractivity contribution in [3.63, 3.8) is 0 Å². The van der Waals surface area contributed by atoms with Crippen molar-refractivity contribution in [2.75, 3.05) is 19.7 Å². The van der Waals surface area contributed by atoms with Crippen LogP contribution in [-0.4, -0.2) is 61.7 Å². The van der Waals surface area contributed by atoms with Gasteiger partial charge < -0.3 is 19.3 Å². The highest BCUT2D eigenvalue weighted by atomic mass is 16.5. The zero-order valence-electron chi connectivity index (χ0n) is 16.3. The number of aromatic nitrogens is 3. The van der Waals surface area contributed by atoms with Crippen LogP contribution in [0.3, 0.4) is 0 Å². The minimum Gasteiger partial charge on any atom is -0.387 e. The fourth-order valence-corrected chi connectivity index (χ4v) is 4.23. The molecule has 27 heavy (non-hydrogen) atoms. The average molecular weight is 374 g/mol. The van der Waals surface area contributed by atoms with Crippen molar-refractivity contribution in [2.45, 2.75) is 58.3 Å². The van der Waals surface area contributed by atoms with Gasteiger partial charge in [-0.15, -0.1) is 0 Å². The molecule has 0 saturated carbocycles. The highest BCUT2D eigenvalue weighted by Crippen LogP contribution is 2.41. The minimum absolute atomic E-state index is 0.177. The molecule has 8 nitrogen and oxygen atoms in total. The van der Waals surface area contributed by atoms with E-state index in [1.807, 2.05) is 32.4 Å². The Morgan fingerprint density at radius 3 is 2.67 bits per heavy atom. The molecule has 0 aliphatic carbocycles. The van der Waals surface area contributed by atoms with E-state index < -0.39 is 11.2 Å². The smallest absolute Gasteiger partial charge is 0.276 e. The third-order valence-electron chi connectivity index (χ3n) is 5.86. The molecule has 8 heteroatoms. The summed E-state index contributed by atoms with van der Waals surface area (Å²) in [5, 5.41) is 18.8. The summed E-state index contributed by atoms with van der Waals surface area (Å²) in [5.41, 5.74) is 1.83. The van der Waals surface area contributed by atoms with Crippen molar-refractivity contribution in [3.05, 3.63) is 23.1 Å². The summed E-state index contributed by atoms with van der Waals surface area (Å²) >= 11 is 0. The van der Waals surface area contributed by atoms with Gasteiger partial charge in [0.15, 0.2) is 11.5 Å². The fourth-order valence-electron chi connectivity index (χ4n) is 4.23. The molecule has 2 aliphatic heterocycles. The first-order valence-corrected chi connectivity index (χ1v) is 9.46. The van der Waals surface area contributed by atoms with E-state index in [0.717, 1.165) is 23.5 Å². The van der Waals surface area contributed by atoms with Crippen molar-refractivity contribution in [2.24, 2.45) is 0 Å². The Labute approximate surface area is 158 Å². The summed E-state index contributed by atoms with van der Waals surface area (Å²) in [6.07, 6.45) is 1.22. The number of likely N-dealkylation sites (tertiary alicyclic amines) is 1. The maximum Gasteiger partial charge on any atom is 0.276 e. The molecule has 1 N–H and O–H groups in total. The van der Waals surface area contributed by atoms with Crippen molar-refractivity contribution >= 4 is 5.91 Å². The highest BCUT2D eigenvalue weighted by Gasteiger charge is 2.55. The van der Waals surface area contributed by atoms with E-state index in [0.29, 0.717) is 38.3 Å². The molecule has 0 bridgehead atoms. The molecule has 2 aromatic rings. The Hall–Kier alpha value is -2.19. The monoisotopic (exact) mass is 374 g/mol. The Balaban J connectivity index is 1.47. The van der Waals surface area contributed by atoms with Crippen LogP contribution in [-0.2, 0) is 11.3 Å². The van der Waals surface area contributed by atoms with E-state index in [2.05, 4.69) is 10.3 Å². The highest BCUT2D eigenvalue weighted by molar-refractivity contribution is 5.94. The predicted molar refractivity (Wildman–Crippen MR) is 97.3 cm³/mol. The van der Waals surface area contributed by atoms with Gasteiger partial charge in [-0.05, 0) is 27.2 Å². The van der Waals surface area contributed by atoms with E-state index in [-0.39, 0.29) is 11.6 Å². The molecule has 4 heterocycles. The Bertz CT molecular complexity index is 880. The number of carbonyl (C=O) groups is 1. The molecule has 146 valence electrons. The molecular weight excluding hydrogens is 348 g/mol. The average Bonchev–Trinajstić information content (AvgIpc) is 3.30. The number of hydrogen-bond donors (Lipinski definition) is 1. The topological polar surface area (TPSA) is 93.6 Å². The lowest BCUT2D eigenvalue weighted by molar-refractivity contribution is -0.0957. The molecule has 2 aromatic heterocycles. The number of nitrogens with zero attached hydrogens (tertiary/aromatic N) is 4. The standard InChI is InChI=1S/C19H26N4O4/c1-5-18(25)8-19(26-11-18)9-22(10-19)17(24)14-7-15(27-21-14)16-12(3)20-23(6-2)13(16)4/h7,25H,5-6,8-11H2,1-4H3/t18-/m0/s1. The third-order valence-corrected chi connectivity index (χ3v) is 5.86. The summed E-state index contributed by atoms with van der Waals surface area (Å²) < 4.78 is 13.2. The molecule has 0 radical (unpaired) electrons. The third kappa shape index (κ3) is 2.87. The van der Waals surface area contributed by atoms with Crippen LogP contribution in [0.25, 0.3) is 11.3 Å². The van der Waals surface area contributed by atoms with Gasteiger partial charge in [0, 0.05) is 24.7 Å². The molecule has 2 fully saturated rings. The van der Waals surface area contributed by atoms with Gasteiger partial charge in [0.25, 0.3) is 5.91 Å². The molecule has 0 unspecified atom stereocenters. The summed E-state index contributed by atoms with van der Waals surface area (Å²) in [4.78, 5) is 14.4. The number of aliphatic hydroxyl groups is 1.